The van der Waals surface area contributed by atoms with Crippen LogP contribution in [0, 0.1) is 0 Å². The lowest BCUT2D eigenvalue weighted by atomic mass is 10.2. The Morgan fingerprint density at radius 3 is 3.00 bits per heavy atom. The van der Waals surface area contributed by atoms with Gasteiger partial charge in [-0.2, -0.15) is 0 Å². The SMILES string of the molecule is O=C(O)N1CC[C@H](NCc2cc3c(cn2)OCCO3)C1. The molecule has 7 heteroatoms. The summed E-state index contributed by atoms with van der Waals surface area (Å²) in [7, 11) is 0. The van der Waals surface area contributed by atoms with Crippen LogP contribution in [0.15, 0.2) is 12.3 Å². The Kier molecular flexibility index (Phi) is 3.60. The van der Waals surface area contributed by atoms with Crippen LogP contribution in [0.1, 0.15) is 12.1 Å². The van der Waals surface area contributed by atoms with E-state index in [0.29, 0.717) is 38.6 Å². The molecule has 1 aromatic heterocycles. The van der Waals surface area contributed by atoms with Crippen molar-refractivity contribution in [3.63, 3.8) is 0 Å². The Morgan fingerprint density at radius 2 is 2.25 bits per heavy atom. The van der Waals surface area contributed by atoms with Gasteiger partial charge in [-0.1, -0.05) is 0 Å². The molecule has 0 radical (unpaired) electrons. The van der Waals surface area contributed by atoms with E-state index in [1.165, 1.54) is 4.90 Å². The number of hydrogen-bond donors (Lipinski definition) is 2. The molecule has 1 fully saturated rings. The molecule has 0 bridgehead atoms. The number of ether oxygens (including phenoxy) is 2. The minimum Gasteiger partial charge on any atom is -0.486 e. The van der Waals surface area contributed by atoms with Crippen LogP contribution >= 0.6 is 0 Å². The lowest BCUT2D eigenvalue weighted by Crippen LogP contribution is -2.34. The Bertz CT molecular complexity index is 508. The average Bonchev–Trinajstić information content (AvgIpc) is 2.94. The molecule has 0 spiro atoms. The lowest BCUT2D eigenvalue weighted by molar-refractivity contribution is 0.154. The van der Waals surface area contributed by atoms with E-state index in [4.69, 9.17) is 14.6 Å². The molecule has 2 aliphatic heterocycles. The van der Waals surface area contributed by atoms with Crippen molar-refractivity contribution in [2.24, 2.45) is 0 Å². The smallest absolute Gasteiger partial charge is 0.407 e. The summed E-state index contributed by atoms with van der Waals surface area (Å²) in [5, 5.41) is 12.2. The highest BCUT2D eigenvalue weighted by Crippen LogP contribution is 2.29. The third-order valence-electron chi connectivity index (χ3n) is 3.52. The lowest BCUT2D eigenvalue weighted by Gasteiger charge is -2.19. The van der Waals surface area contributed by atoms with Crippen molar-refractivity contribution in [1.82, 2.24) is 15.2 Å². The van der Waals surface area contributed by atoms with Crippen LogP contribution in [0.5, 0.6) is 11.5 Å². The summed E-state index contributed by atoms with van der Waals surface area (Å²) < 4.78 is 10.9. The molecule has 108 valence electrons. The normalized spacial score (nSPS) is 21.0. The Morgan fingerprint density at radius 1 is 1.45 bits per heavy atom. The summed E-state index contributed by atoms with van der Waals surface area (Å²) in [5.74, 6) is 1.40. The van der Waals surface area contributed by atoms with E-state index >= 15 is 0 Å². The van der Waals surface area contributed by atoms with Crippen molar-refractivity contribution in [3.05, 3.63) is 18.0 Å². The van der Waals surface area contributed by atoms with Crippen molar-refractivity contribution >= 4 is 6.09 Å². The summed E-state index contributed by atoms with van der Waals surface area (Å²) in [6, 6.07) is 2.05. The molecule has 1 aromatic rings. The van der Waals surface area contributed by atoms with E-state index < -0.39 is 6.09 Å². The molecule has 1 saturated heterocycles. The first kappa shape index (κ1) is 13.0. The highest BCUT2D eigenvalue weighted by Gasteiger charge is 2.25. The zero-order valence-electron chi connectivity index (χ0n) is 11.0. The molecule has 2 N–H and O–H groups in total. The molecule has 0 saturated carbocycles. The fourth-order valence-corrected chi connectivity index (χ4v) is 2.44. The van der Waals surface area contributed by atoms with Crippen LogP contribution < -0.4 is 14.8 Å². The molecule has 1 atom stereocenters. The largest absolute Gasteiger partial charge is 0.486 e. The second kappa shape index (κ2) is 5.54. The molecular weight excluding hydrogens is 262 g/mol. The third-order valence-corrected chi connectivity index (χ3v) is 3.52. The van der Waals surface area contributed by atoms with E-state index in [9.17, 15) is 4.79 Å². The summed E-state index contributed by atoms with van der Waals surface area (Å²) in [4.78, 5) is 16.6. The van der Waals surface area contributed by atoms with Gasteiger partial charge in [0.2, 0.25) is 0 Å². The second-order valence-electron chi connectivity index (χ2n) is 4.91. The molecular formula is C13H17N3O4. The topological polar surface area (TPSA) is 83.9 Å². The standard InChI is InChI=1S/C13H17N3O4/c17-13(18)16-2-1-9(8-16)14-6-10-5-11-12(7-15-10)20-4-3-19-11/h5,7,9,14H,1-4,6,8H2,(H,17,18)/t9-/m0/s1. The number of rotatable bonds is 3. The van der Waals surface area contributed by atoms with Gasteiger partial charge >= 0.3 is 6.09 Å². The fourth-order valence-electron chi connectivity index (χ4n) is 2.44. The van der Waals surface area contributed by atoms with Crippen LogP contribution in [-0.2, 0) is 6.54 Å². The van der Waals surface area contributed by atoms with E-state index in [1.807, 2.05) is 6.07 Å². The highest BCUT2D eigenvalue weighted by atomic mass is 16.6. The third kappa shape index (κ3) is 2.77. The minimum atomic E-state index is -0.855. The predicted molar refractivity (Wildman–Crippen MR) is 70.1 cm³/mol. The molecule has 2 aliphatic rings. The predicted octanol–water partition coefficient (Wildman–Crippen LogP) is 0.695. The van der Waals surface area contributed by atoms with Gasteiger partial charge in [0.25, 0.3) is 0 Å². The van der Waals surface area contributed by atoms with Gasteiger partial charge in [-0.3, -0.25) is 4.98 Å². The minimum absolute atomic E-state index is 0.182. The van der Waals surface area contributed by atoms with Gasteiger partial charge in [-0.25, -0.2) is 4.79 Å². The van der Waals surface area contributed by atoms with Crippen molar-refractivity contribution in [2.45, 2.75) is 19.0 Å². The van der Waals surface area contributed by atoms with Crippen molar-refractivity contribution in [2.75, 3.05) is 26.3 Å². The molecule has 3 rings (SSSR count). The average molecular weight is 279 g/mol. The number of amides is 1. The van der Waals surface area contributed by atoms with Gasteiger partial charge in [0.1, 0.15) is 13.2 Å². The number of fused-ring (bicyclic) bond motifs is 1. The molecule has 3 heterocycles. The maximum Gasteiger partial charge on any atom is 0.407 e. The Balaban J connectivity index is 1.55. The van der Waals surface area contributed by atoms with Crippen molar-refractivity contribution < 1.29 is 19.4 Å². The summed E-state index contributed by atoms with van der Waals surface area (Å²) >= 11 is 0. The van der Waals surface area contributed by atoms with Crippen molar-refractivity contribution in [1.29, 1.82) is 0 Å². The zero-order chi connectivity index (χ0) is 13.9. The van der Waals surface area contributed by atoms with Crippen molar-refractivity contribution in [3.8, 4) is 11.5 Å². The van der Waals surface area contributed by atoms with Gasteiger partial charge in [0.05, 0.1) is 11.9 Å². The van der Waals surface area contributed by atoms with Gasteiger partial charge in [0, 0.05) is 31.7 Å². The van der Waals surface area contributed by atoms with Gasteiger partial charge in [-0.05, 0) is 6.42 Å². The Labute approximate surface area is 116 Å². The highest BCUT2D eigenvalue weighted by molar-refractivity contribution is 5.65. The summed E-state index contributed by atoms with van der Waals surface area (Å²) in [5.41, 5.74) is 0.864. The monoisotopic (exact) mass is 279 g/mol. The van der Waals surface area contributed by atoms with Gasteiger partial charge < -0.3 is 24.8 Å². The summed E-state index contributed by atoms with van der Waals surface area (Å²) in [6.45, 7) is 2.82. The number of hydrogen-bond acceptors (Lipinski definition) is 5. The quantitative estimate of drug-likeness (QED) is 0.847. The first-order valence-corrected chi connectivity index (χ1v) is 6.68. The van der Waals surface area contributed by atoms with Crippen LogP contribution in [0.25, 0.3) is 0 Å². The number of aromatic nitrogens is 1. The number of likely N-dealkylation sites (tertiary alicyclic amines) is 1. The number of pyridine rings is 1. The fraction of sp³-hybridized carbons (Fsp3) is 0.538. The maximum absolute atomic E-state index is 10.8. The first-order chi connectivity index (χ1) is 9.72. The Hall–Kier alpha value is -2.02. The second-order valence-corrected chi connectivity index (χ2v) is 4.91. The summed E-state index contributed by atoms with van der Waals surface area (Å²) in [6.07, 6.45) is 1.65. The first-order valence-electron chi connectivity index (χ1n) is 6.68. The number of carboxylic acid groups (broad SMARTS) is 1. The number of nitrogens with zero attached hydrogens (tertiary/aromatic N) is 2. The molecule has 7 nitrogen and oxygen atoms in total. The number of nitrogens with one attached hydrogen (secondary N) is 1. The molecule has 1 amide bonds. The van der Waals surface area contributed by atoms with E-state index in [1.54, 1.807) is 6.20 Å². The van der Waals surface area contributed by atoms with E-state index in [0.717, 1.165) is 17.9 Å². The van der Waals surface area contributed by atoms with Gasteiger partial charge in [-0.15, -0.1) is 0 Å². The maximum atomic E-state index is 10.8. The van der Waals surface area contributed by atoms with Crippen LogP contribution in [0.3, 0.4) is 0 Å². The molecule has 0 aromatic carbocycles. The van der Waals surface area contributed by atoms with Crippen LogP contribution in [-0.4, -0.2) is 53.4 Å². The number of carbonyl (C=O) groups is 1. The molecule has 0 unspecified atom stereocenters. The van der Waals surface area contributed by atoms with E-state index in [2.05, 4.69) is 10.3 Å². The van der Waals surface area contributed by atoms with Crippen LogP contribution in [0.2, 0.25) is 0 Å². The van der Waals surface area contributed by atoms with Gasteiger partial charge in [0.15, 0.2) is 11.5 Å². The van der Waals surface area contributed by atoms with E-state index in [-0.39, 0.29) is 6.04 Å². The molecule has 20 heavy (non-hydrogen) atoms. The zero-order valence-corrected chi connectivity index (χ0v) is 11.0. The molecule has 0 aliphatic carbocycles. The van der Waals surface area contributed by atoms with Crippen LogP contribution in [0.4, 0.5) is 4.79 Å².